The molecule has 0 spiro atoms. The molecular weight excluding hydrogens is 386 g/mol. The van der Waals surface area contributed by atoms with Crippen molar-refractivity contribution >= 4 is 28.2 Å². The zero-order valence-corrected chi connectivity index (χ0v) is 17.3. The molecule has 6 nitrogen and oxygen atoms in total. The van der Waals surface area contributed by atoms with Gasteiger partial charge in [0.2, 0.25) is 5.13 Å². The number of carbonyl (C=O) groups is 2. The number of anilines is 1. The Balaban J connectivity index is 1.21. The van der Waals surface area contributed by atoms with Crippen molar-refractivity contribution in [1.29, 1.82) is 0 Å². The molecule has 1 aromatic heterocycles. The second-order valence-corrected chi connectivity index (χ2v) is 10.0. The number of ether oxygens (including phenoxy) is 1. The Morgan fingerprint density at radius 2 is 1.83 bits per heavy atom. The van der Waals surface area contributed by atoms with Gasteiger partial charge in [-0.2, -0.15) is 0 Å². The molecule has 4 aliphatic carbocycles. The average molecular weight is 412 g/mol. The van der Waals surface area contributed by atoms with Gasteiger partial charge in [0.1, 0.15) is 10.8 Å². The fourth-order valence-corrected chi connectivity index (χ4v) is 6.95. The van der Waals surface area contributed by atoms with Crippen LogP contribution in [0.3, 0.4) is 0 Å². The van der Waals surface area contributed by atoms with Gasteiger partial charge >= 0.3 is 0 Å². The topological polar surface area (TPSA) is 81.2 Å². The number of amides is 1. The zero-order valence-electron chi connectivity index (χ0n) is 16.5. The molecule has 4 bridgehead atoms. The first kappa shape index (κ1) is 18.7. The van der Waals surface area contributed by atoms with E-state index in [4.69, 9.17) is 4.74 Å². The number of hydrogen-bond acceptors (Lipinski definition) is 6. The fraction of sp³-hybridized carbons (Fsp3) is 0.545. The van der Waals surface area contributed by atoms with Crippen molar-refractivity contribution in [2.75, 3.05) is 11.9 Å². The summed E-state index contributed by atoms with van der Waals surface area (Å²) in [6.07, 6.45) is 7.88. The van der Waals surface area contributed by atoms with Gasteiger partial charge in [-0.1, -0.05) is 23.5 Å². The molecule has 6 rings (SSSR count). The number of carbonyl (C=O) groups excluding carboxylic acids is 2. The number of rotatable bonds is 6. The molecule has 0 unspecified atom stereocenters. The molecule has 4 fully saturated rings. The Morgan fingerprint density at radius 1 is 1.14 bits per heavy atom. The predicted octanol–water partition coefficient (Wildman–Crippen LogP) is 4.23. The van der Waals surface area contributed by atoms with E-state index in [1.807, 2.05) is 0 Å². The molecule has 0 saturated heterocycles. The Labute approximate surface area is 174 Å². The molecule has 7 heteroatoms. The molecule has 29 heavy (non-hydrogen) atoms. The normalized spacial score (nSPS) is 29.6. The highest BCUT2D eigenvalue weighted by atomic mass is 32.1. The van der Waals surface area contributed by atoms with Gasteiger partial charge in [-0.05, 0) is 75.3 Å². The molecule has 1 heterocycles. The van der Waals surface area contributed by atoms with Crippen LogP contribution in [0.25, 0.3) is 0 Å². The van der Waals surface area contributed by atoms with E-state index in [1.165, 1.54) is 56.8 Å². The van der Waals surface area contributed by atoms with E-state index < -0.39 is 0 Å². The van der Waals surface area contributed by atoms with E-state index in [2.05, 4.69) is 15.5 Å². The molecule has 0 radical (unpaired) electrons. The molecule has 0 aliphatic heterocycles. The van der Waals surface area contributed by atoms with Crippen LogP contribution in [0.2, 0.25) is 0 Å². The van der Waals surface area contributed by atoms with Crippen LogP contribution < -0.4 is 10.1 Å². The maximum absolute atomic E-state index is 12.3. The minimum Gasteiger partial charge on any atom is -0.484 e. The third kappa shape index (κ3) is 3.68. The summed E-state index contributed by atoms with van der Waals surface area (Å²) >= 11 is 1.52. The summed E-state index contributed by atoms with van der Waals surface area (Å²) in [7, 11) is 0. The van der Waals surface area contributed by atoms with Crippen molar-refractivity contribution in [3.8, 4) is 5.75 Å². The quantitative estimate of drug-likeness (QED) is 0.720. The van der Waals surface area contributed by atoms with Crippen LogP contribution in [0.5, 0.6) is 5.75 Å². The summed E-state index contributed by atoms with van der Waals surface area (Å²) in [6.45, 7) is 1.37. The van der Waals surface area contributed by atoms with Crippen LogP contribution in [-0.4, -0.2) is 28.5 Å². The summed E-state index contributed by atoms with van der Waals surface area (Å²) in [5.41, 5.74) is 0.756. The third-order valence-electron chi connectivity index (χ3n) is 6.77. The van der Waals surface area contributed by atoms with E-state index >= 15 is 0 Å². The van der Waals surface area contributed by atoms with Crippen LogP contribution in [0, 0.1) is 17.8 Å². The van der Waals surface area contributed by atoms with Crippen LogP contribution in [0.15, 0.2) is 24.3 Å². The Kier molecular flexibility index (Phi) is 4.65. The van der Waals surface area contributed by atoms with Gasteiger partial charge in [-0.15, -0.1) is 10.2 Å². The SMILES string of the molecule is CC(=O)c1cccc(OCC(=O)Nc2nnc(C34CC5CC(CC(C5)C3)C4)s2)c1. The smallest absolute Gasteiger partial charge is 0.264 e. The lowest BCUT2D eigenvalue weighted by Gasteiger charge is -2.55. The van der Waals surface area contributed by atoms with Gasteiger partial charge in [0.25, 0.3) is 5.91 Å². The fourth-order valence-electron chi connectivity index (χ4n) is 5.97. The van der Waals surface area contributed by atoms with E-state index in [9.17, 15) is 9.59 Å². The lowest BCUT2D eigenvalue weighted by Crippen LogP contribution is -2.48. The first-order valence-electron chi connectivity index (χ1n) is 10.4. The minimum atomic E-state index is -0.272. The summed E-state index contributed by atoms with van der Waals surface area (Å²) in [5, 5.41) is 13.2. The molecule has 4 saturated carbocycles. The van der Waals surface area contributed by atoms with Crippen molar-refractivity contribution in [1.82, 2.24) is 10.2 Å². The van der Waals surface area contributed by atoms with Crippen LogP contribution in [0.1, 0.15) is 60.8 Å². The Hall–Kier alpha value is -2.28. The third-order valence-corrected chi connectivity index (χ3v) is 7.86. The van der Waals surface area contributed by atoms with Gasteiger partial charge in [0.05, 0.1) is 0 Å². The van der Waals surface area contributed by atoms with E-state index in [0.29, 0.717) is 16.4 Å². The van der Waals surface area contributed by atoms with Crippen LogP contribution in [-0.2, 0) is 10.2 Å². The second kappa shape index (κ2) is 7.20. The van der Waals surface area contributed by atoms with Crippen molar-refractivity contribution in [3.63, 3.8) is 0 Å². The molecule has 1 N–H and O–H groups in total. The minimum absolute atomic E-state index is 0.0361. The number of benzene rings is 1. The van der Waals surface area contributed by atoms with Gasteiger partial charge in [-0.25, -0.2) is 0 Å². The maximum Gasteiger partial charge on any atom is 0.264 e. The van der Waals surface area contributed by atoms with Gasteiger partial charge < -0.3 is 4.74 Å². The number of hydrogen-bond donors (Lipinski definition) is 1. The highest BCUT2D eigenvalue weighted by Gasteiger charge is 2.53. The zero-order chi connectivity index (χ0) is 20.0. The molecule has 4 aliphatic rings. The summed E-state index contributed by atoms with van der Waals surface area (Å²) in [6, 6.07) is 6.84. The molecular formula is C22H25N3O3S. The highest BCUT2D eigenvalue weighted by molar-refractivity contribution is 7.15. The summed E-state index contributed by atoms with van der Waals surface area (Å²) in [4.78, 5) is 23.8. The molecule has 152 valence electrons. The number of Topliss-reactive ketones (excluding diaryl/α,β-unsaturated/α-hetero) is 1. The standard InChI is InChI=1S/C22H25N3O3S/c1-13(26)17-3-2-4-18(8-17)28-12-19(27)23-21-25-24-20(29-21)22-9-14-5-15(10-22)7-16(6-14)11-22/h2-4,8,14-16H,5-7,9-12H2,1H3,(H,23,25,27). The Morgan fingerprint density at radius 3 is 2.48 bits per heavy atom. The molecule has 1 amide bonds. The Bertz CT molecular complexity index is 919. The van der Waals surface area contributed by atoms with E-state index in [1.54, 1.807) is 24.3 Å². The number of nitrogens with zero attached hydrogens (tertiary/aromatic N) is 2. The average Bonchev–Trinajstić information content (AvgIpc) is 3.15. The highest BCUT2D eigenvalue weighted by Crippen LogP contribution is 2.61. The van der Waals surface area contributed by atoms with Crippen molar-refractivity contribution in [2.24, 2.45) is 17.8 Å². The van der Waals surface area contributed by atoms with Crippen molar-refractivity contribution in [3.05, 3.63) is 34.8 Å². The molecule has 0 atom stereocenters. The number of nitrogens with one attached hydrogen (secondary N) is 1. The maximum atomic E-state index is 12.3. The lowest BCUT2D eigenvalue weighted by atomic mass is 9.50. The number of ketones is 1. The largest absolute Gasteiger partial charge is 0.484 e. The summed E-state index contributed by atoms with van der Waals surface area (Å²) < 4.78 is 5.53. The second-order valence-electron chi connectivity index (χ2n) is 9.03. The van der Waals surface area contributed by atoms with E-state index in [0.717, 1.165) is 22.8 Å². The van der Waals surface area contributed by atoms with Crippen molar-refractivity contribution < 1.29 is 14.3 Å². The van der Waals surface area contributed by atoms with E-state index in [-0.39, 0.29) is 23.7 Å². The molecule has 2 aromatic rings. The summed E-state index contributed by atoms with van der Waals surface area (Å²) in [5.74, 6) is 2.74. The van der Waals surface area contributed by atoms with Gasteiger partial charge in [0.15, 0.2) is 12.4 Å². The number of aromatic nitrogens is 2. The van der Waals surface area contributed by atoms with Gasteiger partial charge in [0, 0.05) is 11.0 Å². The first-order valence-corrected chi connectivity index (χ1v) is 11.2. The molecule has 1 aromatic carbocycles. The monoisotopic (exact) mass is 411 g/mol. The predicted molar refractivity (Wildman–Crippen MR) is 110 cm³/mol. The first-order chi connectivity index (χ1) is 14.0. The lowest BCUT2D eigenvalue weighted by molar-refractivity contribution is -0.118. The van der Waals surface area contributed by atoms with Gasteiger partial charge in [-0.3, -0.25) is 14.9 Å². The van der Waals surface area contributed by atoms with Crippen molar-refractivity contribution in [2.45, 2.75) is 50.9 Å². The van der Waals surface area contributed by atoms with Crippen LogP contribution >= 0.6 is 11.3 Å². The van der Waals surface area contributed by atoms with Crippen LogP contribution in [0.4, 0.5) is 5.13 Å².